The molecular formula is C41H72N14O13. The fourth-order valence-electron chi connectivity index (χ4n) is 6.61. The predicted octanol–water partition coefficient (Wildman–Crippen LogP) is -7.20. The number of nitrogens with zero attached hydrogens (tertiary/aromatic N) is 2. The molecule has 1 heterocycles. The Morgan fingerprint density at radius 3 is 1.65 bits per heavy atom. The van der Waals surface area contributed by atoms with Crippen molar-refractivity contribution in [2.75, 3.05) is 59.5 Å². The first-order valence-corrected chi connectivity index (χ1v) is 22.4. The second-order valence-electron chi connectivity index (χ2n) is 16.9. The first kappa shape index (κ1) is 59.5. The highest BCUT2D eigenvalue weighted by Gasteiger charge is 2.39. The molecular weight excluding hydrogens is 897 g/mol. The number of likely N-dealkylation sites (tertiary alicyclic amines) is 1. The van der Waals surface area contributed by atoms with Crippen LogP contribution >= 0.6 is 0 Å². The highest BCUT2D eigenvalue weighted by Crippen LogP contribution is 2.20. The van der Waals surface area contributed by atoms with Gasteiger partial charge in [0.05, 0.1) is 57.5 Å². The lowest BCUT2D eigenvalue weighted by molar-refractivity contribution is -0.141. The molecule has 10 amide bonds. The summed E-state index contributed by atoms with van der Waals surface area (Å²) >= 11 is 0. The van der Waals surface area contributed by atoms with Crippen LogP contribution in [0.15, 0.2) is 4.99 Å². The third kappa shape index (κ3) is 23.3. The standard InChI is InChI=1S/C41H72N14O13/c1-22(2)13-26(36(64)51-25(20-56)9-7-11-45-41(42)43)52-34(63)19-49-32(61)17-47-30(59)15-46-31(60)16-48-33(62)18-50-39(67)35(24(5)58)54-37(65)28(21-57)53-38(66)29-10-8-12-55(29)40(68)27(44-6)14-23(3)4/h20,22-29,35,44,57-58H,7-19,21H2,1-6H3,(H,46,60)(H,47,59)(H,48,62)(H,49,61)(H,50,67)(H,51,64)(H,52,63)(H,53,66)(H,54,65)(H4,42,43,45)/t24-,25+,26+,27+,28?,29+,35+/m1/s1. The number of amides is 10. The molecule has 16 N–H and O–H groups in total. The highest BCUT2D eigenvalue weighted by atomic mass is 16.3. The van der Waals surface area contributed by atoms with Crippen LogP contribution in [0.2, 0.25) is 0 Å². The zero-order chi connectivity index (χ0) is 51.5. The summed E-state index contributed by atoms with van der Waals surface area (Å²) in [6.07, 6.45) is 1.32. The molecule has 27 heteroatoms. The van der Waals surface area contributed by atoms with Crippen molar-refractivity contribution in [2.45, 2.75) is 115 Å². The molecule has 0 aliphatic carbocycles. The Morgan fingerprint density at radius 2 is 1.18 bits per heavy atom. The minimum atomic E-state index is -1.65. The van der Waals surface area contributed by atoms with Crippen LogP contribution in [-0.4, -0.2) is 188 Å². The van der Waals surface area contributed by atoms with Crippen molar-refractivity contribution in [3.63, 3.8) is 0 Å². The monoisotopic (exact) mass is 969 g/mol. The number of guanidine groups is 1. The average Bonchev–Trinajstić information content (AvgIpc) is 3.78. The summed E-state index contributed by atoms with van der Waals surface area (Å²) in [6, 6.07) is -6.52. The van der Waals surface area contributed by atoms with Gasteiger partial charge in [0.2, 0.25) is 59.1 Å². The maximum atomic E-state index is 13.2. The second kappa shape index (κ2) is 31.5. The Morgan fingerprint density at radius 1 is 0.676 bits per heavy atom. The lowest BCUT2D eigenvalue weighted by atomic mass is 10.0. The van der Waals surface area contributed by atoms with E-state index in [2.05, 4.69) is 58.2 Å². The molecule has 0 aromatic rings. The Bertz CT molecular complexity index is 1780. The number of aliphatic imine (C=N–C) groups is 1. The fraction of sp³-hybridized carbons (Fsp3) is 0.707. The van der Waals surface area contributed by atoms with E-state index in [0.717, 1.165) is 0 Å². The van der Waals surface area contributed by atoms with Crippen LogP contribution in [0.25, 0.3) is 0 Å². The number of aldehydes is 1. The first-order chi connectivity index (χ1) is 32.0. The lowest BCUT2D eigenvalue weighted by Crippen LogP contribution is -2.60. The molecule has 7 atom stereocenters. The van der Waals surface area contributed by atoms with E-state index in [1.807, 2.05) is 27.7 Å². The predicted molar refractivity (Wildman–Crippen MR) is 244 cm³/mol. The summed E-state index contributed by atoms with van der Waals surface area (Å²) in [7, 11) is 1.65. The van der Waals surface area contributed by atoms with Crippen molar-refractivity contribution >= 4 is 71.3 Å². The molecule has 0 spiro atoms. The third-order valence-electron chi connectivity index (χ3n) is 10.1. The topological polar surface area (TPSA) is 416 Å². The quantitative estimate of drug-likeness (QED) is 0.0133. The van der Waals surface area contributed by atoms with Crippen LogP contribution in [0.3, 0.4) is 0 Å². The molecule has 1 aliphatic rings. The van der Waals surface area contributed by atoms with Crippen LogP contribution in [0.5, 0.6) is 0 Å². The molecule has 1 aliphatic heterocycles. The molecule has 0 saturated carbocycles. The number of nitrogens with two attached hydrogens (primary N) is 2. The van der Waals surface area contributed by atoms with Crippen LogP contribution in [0.4, 0.5) is 0 Å². The maximum absolute atomic E-state index is 13.2. The van der Waals surface area contributed by atoms with Crippen molar-refractivity contribution in [1.82, 2.24) is 58.1 Å². The van der Waals surface area contributed by atoms with Crippen molar-refractivity contribution in [2.24, 2.45) is 28.3 Å². The highest BCUT2D eigenvalue weighted by molar-refractivity contribution is 5.97. The minimum absolute atomic E-state index is 0.0336. The molecule has 0 radical (unpaired) electrons. The molecule has 0 aromatic carbocycles. The molecule has 384 valence electrons. The van der Waals surface area contributed by atoms with Gasteiger partial charge >= 0.3 is 0 Å². The number of aliphatic hydroxyl groups excluding tert-OH is 2. The average molecular weight is 969 g/mol. The van der Waals surface area contributed by atoms with Gasteiger partial charge in [0, 0.05) is 13.1 Å². The van der Waals surface area contributed by atoms with E-state index in [9.17, 15) is 63.0 Å². The normalized spacial score (nSPS) is 15.8. The summed E-state index contributed by atoms with van der Waals surface area (Å²) < 4.78 is 0. The molecule has 0 bridgehead atoms. The van der Waals surface area contributed by atoms with Crippen LogP contribution in [0.1, 0.15) is 73.1 Å². The van der Waals surface area contributed by atoms with Crippen LogP contribution in [0, 0.1) is 11.8 Å². The van der Waals surface area contributed by atoms with Gasteiger partial charge in [0.25, 0.3) is 0 Å². The number of aliphatic hydroxyl groups is 2. The van der Waals surface area contributed by atoms with Crippen LogP contribution in [-0.2, 0) is 52.7 Å². The number of hydrogen-bond donors (Lipinski definition) is 14. The zero-order valence-electron chi connectivity index (χ0n) is 39.6. The van der Waals surface area contributed by atoms with Crippen LogP contribution < -0.4 is 64.6 Å². The summed E-state index contributed by atoms with van der Waals surface area (Å²) in [6.45, 7) is 5.30. The summed E-state index contributed by atoms with van der Waals surface area (Å²) in [5, 5.41) is 44.0. The van der Waals surface area contributed by atoms with E-state index in [1.54, 1.807) is 7.05 Å². The van der Waals surface area contributed by atoms with Gasteiger partial charge < -0.3 is 84.5 Å². The van der Waals surface area contributed by atoms with Crippen molar-refractivity contribution < 1.29 is 63.0 Å². The Hall–Kier alpha value is -6.48. The minimum Gasteiger partial charge on any atom is -0.394 e. The van der Waals surface area contributed by atoms with Crippen molar-refractivity contribution in [3.05, 3.63) is 0 Å². The molecule has 1 rings (SSSR count). The Balaban J connectivity index is 2.52. The summed E-state index contributed by atoms with van der Waals surface area (Å²) in [4.78, 5) is 144. The first-order valence-electron chi connectivity index (χ1n) is 22.4. The van der Waals surface area contributed by atoms with E-state index in [4.69, 9.17) is 11.5 Å². The molecule has 1 unspecified atom stereocenters. The number of carbonyl (C=O) groups is 11. The molecule has 68 heavy (non-hydrogen) atoms. The number of carbonyl (C=O) groups excluding carboxylic acids is 11. The van der Waals surface area contributed by atoms with Gasteiger partial charge in [-0.3, -0.25) is 52.9 Å². The lowest BCUT2D eigenvalue weighted by Gasteiger charge is -2.30. The van der Waals surface area contributed by atoms with Gasteiger partial charge in [-0.2, -0.15) is 0 Å². The van der Waals surface area contributed by atoms with E-state index in [1.165, 1.54) is 11.8 Å². The second-order valence-corrected chi connectivity index (χ2v) is 16.9. The zero-order valence-corrected chi connectivity index (χ0v) is 39.6. The van der Waals surface area contributed by atoms with E-state index in [0.29, 0.717) is 38.5 Å². The molecule has 1 saturated heterocycles. The van der Waals surface area contributed by atoms with Gasteiger partial charge in [-0.15, -0.1) is 0 Å². The van der Waals surface area contributed by atoms with E-state index < -0.39 is 135 Å². The maximum Gasteiger partial charge on any atom is 0.245 e. The largest absolute Gasteiger partial charge is 0.394 e. The third-order valence-corrected chi connectivity index (χ3v) is 10.1. The van der Waals surface area contributed by atoms with Gasteiger partial charge in [-0.05, 0) is 64.3 Å². The Kier molecular flexibility index (Phi) is 27.6. The molecule has 1 fully saturated rings. The number of nitrogens with one attached hydrogen (secondary N) is 10. The van der Waals surface area contributed by atoms with Gasteiger partial charge in [-0.1, -0.05) is 27.7 Å². The Labute approximate surface area is 395 Å². The SMILES string of the molecule is CN[C@@H](CC(C)C)C(=O)N1CCC[C@H]1C(=O)NC(CO)C(=O)N[C@H](C(=O)NCC(=O)NCC(=O)NCC(=O)NCC(=O)NCC(=O)N[C@@H](CC(C)C)C(=O)N[C@H](C=O)CCCN=C(N)N)[C@@H](C)O. The smallest absolute Gasteiger partial charge is 0.245 e. The van der Waals surface area contributed by atoms with E-state index >= 15 is 0 Å². The number of rotatable bonds is 31. The van der Waals surface area contributed by atoms with E-state index in [-0.39, 0.29) is 43.1 Å². The van der Waals surface area contributed by atoms with Gasteiger partial charge in [-0.25, -0.2) is 0 Å². The molecule has 27 nitrogen and oxygen atoms in total. The molecule has 0 aromatic heterocycles. The summed E-state index contributed by atoms with van der Waals surface area (Å²) in [5.41, 5.74) is 10.6. The van der Waals surface area contributed by atoms with Crippen molar-refractivity contribution in [3.8, 4) is 0 Å². The number of hydrogen-bond acceptors (Lipinski definition) is 15. The number of likely N-dealkylation sites (N-methyl/N-ethyl adjacent to an activating group) is 1. The van der Waals surface area contributed by atoms with Gasteiger partial charge in [0.1, 0.15) is 30.5 Å². The van der Waals surface area contributed by atoms with Gasteiger partial charge in [0.15, 0.2) is 5.96 Å². The summed E-state index contributed by atoms with van der Waals surface area (Å²) in [5.74, 6) is -7.59. The van der Waals surface area contributed by atoms with Crippen molar-refractivity contribution in [1.29, 1.82) is 0 Å². The fourth-order valence-corrected chi connectivity index (χ4v) is 6.61.